The van der Waals surface area contributed by atoms with Gasteiger partial charge in [0.05, 0.1) is 24.6 Å². The highest BCUT2D eigenvalue weighted by molar-refractivity contribution is 7.75. The van der Waals surface area contributed by atoms with Crippen molar-refractivity contribution in [3.63, 3.8) is 0 Å². The maximum Gasteiger partial charge on any atom is 0.500 e. The summed E-state index contributed by atoms with van der Waals surface area (Å²) >= 11 is 0. The summed E-state index contributed by atoms with van der Waals surface area (Å²) in [6, 6.07) is 0.969. The van der Waals surface area contributed by atoms with E-state index in [1.54, 1.807) is 21.3 Å². The van der Waals surface area contributed by atoms with E-state index in [0.29, 0.717) is 0 Å². The Morgan fingerprint density at radius 3 is 1.13 bits per heavy atom. The van der Waals surface area contributed by atoms with Gasteiger partial charge in [-0.3, -0.25) is 0 Å². The number of halogens is 1. The maximum absolute atomic E-state index is 5.70. The topological polar surface area (TPSA) is 27.7 Å². The molecule has 0 rings (SSSR count). The van der Waals surface area contributed by atoms with Crippen LogP contribution in [0.1, 0.15) is 104 Å². The van der Waals surface area contributed by atoms with Crippen LogP contribution < -0.4 is 12.4 Å². The molecule has 0 atom stereocenters. The first-order valence-corrected chi connectivity index (χ1v) is 17.0. The molecule has 0 spiro atoms. The summed E-state index contributed by atoms with van der Waals surface area (Å²) in [5.41, 5.74) is 0. The Labute approximate surface area is 197 Å². The second-order valence-corrected chi connectivity index (χ2v) is 16.4. The molecule has 0 aliphatic rings. The van der Waals surface area contributed by atoms with Gasteiger partial charge in [-0.2, -0.15) is 0 Å². The number of hydrogen-bond donors (Lipinski definition) is 0. The quantitative estimate of drug-likeness (QED) is 0.123. The third kappa shape index (κ3) is 14.8. The van der Waals surface area contributed by atoms with Crippen LogP contribution in [0.25, 0.3) is 0 Å². The van der Waals surface area contributed by atoms with Crippen LogP contribution in [0.5, 0.6) is 0 Å². The van der Waals surface area contributed by atoms with Crippen molar-refractivity contribution in [1.82, 2.24) is 0 Å². The molecule has 184 valence electrons. The molecule has 0 fully saturated rings. The van der Waals surface area contributed by atoms with E-state index >= 15 is 0 Å². The van der Waals surface area contributed by atoms with E-state index in [2.05, 4.69) is 20.8 Å². The highest BCUT2D eigenvalue weighted by atomic mass is 35.5. The SMILES string of the molecule is CCCCCC[P+](CCCCCC)(CCCCCC)CCC[Si](OC)(OC)OC.[Cl-]. The Kier molecular flexibility index (Phi) is 23.8. The monoisotopic (exact) mass is 484 g/mol. The minimum absolute atomic E-state index is 0. The fourth-order valence-electron chi connectivity index (χ4n) is 4.48. The summed E-state index contributed by atoms with van der Waals surface area (Å²) < 4.78 is 17.1. The fraction of sp³-hybridized carbons (Fsp3) is 1.00. The third-order valence-electron chi connectivity index (χ3n) is 6.51. The number of unbranched alkanes of at least 4 members (excludes halogenated alkanes) is 9. The lowest BCUT2D eigenvalue weighted by molar-refractivity contribution is -0.0000111. The van der Waals surface area contributed by atoms with Gasteiger partial charge >= 0.3 is 8.80 Å². The van der Waals surface area contributed by atoms with Crippen molar-refractivity contribution in [2.24, 2.45) is 0 Å². The second-order valence-electron chi connectivity index (χ2n) is 8.82. The smallest absolute Gasteiger partial charge is 0.500 e. The lowest BCUT2D eigenvalue weighted by Crippen LogP contribution is -3.00. The maximum atomic E-state index is 5.70. The molecular weight excluding hydrogens is 431 g/mol. The summed E-state index contributed by atoms with van der Waals surface area (Å²) in [4.78, 5) is 0. The summed E-state index contributed by atoms with van der Waals surface area (Å²) in [5.74, 6) is 0. The van der Waals surface area contributed by atoms with E-state index in [9.17, 15) is 0 Å². The van der Waals surface area contributed by atoms with Gasteiger partial charge in [0, 0.05) is 34.6 Å². The van der Waals surface area contributed by atoms with Gasteiger partial charge in [-0.1, -0.05) is 59.3 Å². The summed E-state index contributed by atoms with van der Waals surface area (Å²) in [5, 5.41) is 0. The second kappa shape index (κ2) is 21.7. The average molecular weight is 485 g/mol. The first-order valence-electron chi connectivity index (χ1n) is 12.6. The summed E-state index contributed by atoms with van der Waals surface area (Å²) in [7, 11) is 1.95. The van der Waals surface area contributed by atoms with E-state index in [1.165, 1.54) is 108 Å². The Balaban J connectivity index is 0. The molecule has 0 aliphatic heterocycles. The molecule has 0 aromatic heterocycles. The lowest BCUT2D eigenvalue weighted by Gasteiger charge is -2.30. The normalized spacial score (nSPS) is 12.2. The number of rotatable bonds is 22. The van der Waals surface area contributed by atoms with Crippen LogP contribution >= 0.6 is 7.26 Å². The zero-order valence-corrected chi connectivity index (χ0v) is 23.9. The summed E-state index contributed by atoms with van der Waals surface area (Å²) in [6.45, 7) is 6.97. The average Bonchev–Trinajstić information content (AvgIpc) is 2.75. The Bertz CT molecular complexity index is 318. The molecule has 0 N–H and O–H groups in total. The van der Waals surface area contributed by atoms with Crippen molar-refractivity contribution in [2.75, 3.05) is 46.0 Å². The zero-order valence-electron chi connectivity index (χ0n) is 21.3. The van der Waals surface area contributed by atoms with Crippen LogP contribution in [0.2, 0.25) is 6.04 Å². The molecule has 0 heterocycles. The highest BCUT2D eigenvalue weighted by Gasteiger charge is 2.41. The van der Waals surface area contributed by atoms with Crippen molar-refractivity contribution in [3.8, 4) is 0 Å². The Morgan fingerprint density at radius 2 is 0.833 bits per heavy atom. The number of hydrogen-bond acceptors (Lipinski definition) is 3. The van der Waals surface area contributed by atoms with E-state index in [0.717, 1.165) is 6.04 Å². The minimum atomic E-state index is -2.43. The Hall–Kier alpha value is 0.817. The lowest BCUT2D eigenvalue weighted by atomic mass is 10.2. The predicted molar refractivity (Wildman–Crippen MR) is 135 cm³/mol. The van der Waals surface area contributed by atoms with Crippen molar-refractivity contribution in [2.45, 2.75) is 110 Å². The minimum Gasteiger partial charge on any atom is -1.00 e. The van der Waals surface area contributed by atoms with E-state index in [-0.39, 0.29) is 12.4 Å². The van der Waals surface area contributed by atoms with Gasteiger partial charge in [0.2, 0.25) is 0 Å². The molecule has 0 bridgehead atoms. The molecule has 3 nitrogen and oxygen atoms in total. The van der Waals surface area contributed by atoms with Gasteiger partial charge in [0.15, 0.2) is 0 Å². The fourth-order valence-corrected chi connectivity index (χ4v) is 11.4. The first-order chi connectivity index (χ1) is 14.1. The standard InChI is InChI=1S/C24H54O3PSi.ClH/c1-7-10-13-16-20-28(21-17-14-11-8-2,22-18-15-12-9-3)23-19-24-29(25-4,26-5)27-6;/h7-24H2,1-6H3;1H/q+1;/p-1. The zero-order chi connectivity index (χ0) is 21.8. The molecular formula is C24H54ClO3PSi. The van der Waals surface area contributed by atoms with Gasteiger partial charge in [-0.05, 0) is 44.9 Å². The molecule has 0 unspecified atom stereocenters. The third-order valence-corrected chi connectivity index (χ3v) is 14.4. The van der Waals surface area contributed by atoms with E-state index < -0.39 is 16.1 Å². The summed E-state index contributed by atoms with van der Waals surface area (Å²) in [6.07, 6.45) is 24.0. The van der Waals surface area contributed by atoms with Gasteiger partial charge in [0.1, 0.15) is 0 Å². The van der Waals surface area contributed by atoms with Gasteiger partial charge in [-0.25, -0.2) is 0 Å². The molecule has 0 aromatic rings. The van der Waals surface area contributed by atoms with Crippen LogP contribution in [0.4, 0.5) is 0 Å². The molecule has 0 saturated carbocycles. The van der Waals surface area contributed by atoms with Crippen LogP contribution in [0.3, 0.4) is 0 Å². The van der Waals surface area contributed by atoms with Gasteiger partial charge < -0.3 is 25.7 Å². The van der Waals surface area contributed by atoms with Crippen LogP contribution in [0, 0.1) is 0 Å². The van der Waals surface area contributed by atoms with Crippen molar-refractivity contribution >= 4 is 16.1 Å². The van der Waals surface area contributed by atoms with Crippen LogP contribution in [-0.2, 0) is 13.3 Å². The van der Waals surface area contributed by atoms with Crippen molar-refractivity contribution in [3.05, 3.63) is 0 Å². The van der Waals surface area contributed by atoms with Crippen LogP contribution in [0.15, 0.2) is 0 Å². The molecule has 30 heavy (non-hydrogen) atoms. The van der Waals surface area contributed by atoms with Gasteiger partial charge in [0.25, 0.3) is 0 Å². The molecule has 0 radical (unpaired) electrons. The van der Waals surface area contributed by atoms with E-state index in [4.69, 9.17) is 13.3 Å². The largest absolute Gasteiger partial charge is 1.00 e. The van der Waals surface area contributed by atoms with E-state index in [1.807, 2.05) is 0 Å². The first kappa shape index (κ1) is 33.0. The molecule has 6 heteroatoms. The molecule has 0 aromatic carbocycles. The molecule has 0 aliphatic carbocycles. The predicted octanol–water partition coefficient (Wildman–Crippen LogP) is 5.02. The van der Waals surface area contributed by atoms with Gasteiger partial charge in [-0.15, -0.1) is 0 Å². The van der Waals surface area contributed by atoms with Crippen molar-refractivity contribution in [1.29, 1.82) is 0 Å². The van der Waals surface area contributed by atoms with Crippen LogP contribution in [-0.4, -0.2) is 54.8 Å². The Morgan fingerprint density at radius 1 is 0.500 bits per heavy atom. The highest BCUT2D eigenvalue weighted by Crippen LogP contribution is 2.61. The van der Waals surface area contributed by atoms with Crippen molar-refractivity contribution < 1.29 is 25.7 Å². The molecule has 0 amide bonds. The molecule has 0 saturated heterocycles.